The first kappa shape index (κ1) is 20.7. The van der Waals surface area contributed by atoms with Crippen molar-refractivity contribution >= 4 is 62.0 Å². The van der Waals surface area contributed by atoms with Crippen LogP contribution in [0.1, 0.15) is 0 Å². The fourth-order valence-electron chi connectivity index (χ4n) is 0.400. The van der Waals surface area contributed by atoms with Gasteiger partial charge < -0.3 is 16.2 Å². The molecule has 0 amide bonds. The molecule has 0 radical (unpaired) electrons. The monoisotopic (exact) mass is 296 g/mol. The van der Waals surface area contributed by atoms with Crippen LogP contribution in [0.15, 0.2) is 0 Å². The second-order valence-corrected chi connectivity index (χ2v) is 3.05. The highest BCUT2D eigenvalue weighted by molar-refractivity contribution is 7.80. The Morgan fingerprint density at radius 1 is 1.00 bits per heavy atom. The van der Waals surface area contributed by atoms with Crippen molar-refractivity contribution in [3.8, 4) is 0 Å². The van der Waals surface area contributed by atoms with Crippen LogP contribution in [-0.4, -0.2) is 35.5 Å². The Balaban J connectivity index is -0.000000720. The maximum atomic E-state index is 10.9. The van der Waals surface area contributed by atoms with Crippen LogP contribution in [0.25, 0.3) is 0 Å². The van der Waals surface area contributed by atoms with Gasteiger partial charge in [-0.3, -0.25) is 0 Å². The van der Waals surface area contributed by atoms with E-state index in [1.165, 1.54) is 0 Å². The summed E-state index contributed by atoms with van der Waals surface area (Å²) in [5.74, 6) is -1.42. The molecule has 0 bridgehead atoms. The molecule has 9 heteroatoms. The summed E-state index contributed by atoms with van der Waals surface area (Å²) in [4.78, 5) is 21.8. The van der Waals surface area contributed by atoms with Crippen molar-refractivity contribution in [2.45, 2.75) is 12.1 Å². The topological polar surface area (TPSA) is 95.4 Å². The Morgan fingerprint density at radius 2 is 1.27 bits per heavy atom. The lowest BCUT2D eigenvalue weighted by Crippen LogP contribution is -2.41. The maximum absolute atomic E-state index is 10.9. The van der Waals surface area contributed by atoms with Gasteiger partial charge in [0, 0.05) is 11.5 Å². The number of halogens is 2. The summed E-state index contributed by atoms with van der Waals surface area (Å²) in [5, 5.41) is 0. The average molecular weight is 297 g/mol. The molecule has 0 fully saturated rings. The van der Waals surface area contributed by atoms with E-state index in [-0.39, 0.29) is 36.3 Å². The van der Waals surface area contributed by atoms with Crippen LogP contribution in [0.3, 0.4) is 0 Å². The molecule has 0 aromatic heterocycles. The van der Waals surface area contributed by atoms with Crippen LogP contribution in [0.4, 0.5) is 0 Å². The zero-order chi connectivity index (χ0) is 10.4. The van der Waals surface area contributed by atoms with E-state index in [1.54, 1.807) is 0 Å². The van der Waals surface area contributed by atoms with Crippen LogP contribution in [0.2, 0.25) is 0 Å². The molecule has 15 heavy (non-hydrogen) atoms. The second kappa shape index (κ2) is 10.8. The summed E-state index contributed by atoms with van der Waals surface area (Å²) in [7, 11) is 0. The molecule has 0 aromatic carbocycles. The molecule has 0 saturated heterocycles. The predicted octanol–water partition coefficient (Wildman–Crippen LogP) is -0.586. The lowest BCUT2D eigenvalue weighted by Gasteiger charge is -2.09. The van der Waals surface area contributed by atoms with Crippen LogP contribution in [-0.2, 0) is 14.3 Å². The number of carbonyl (C=O) groups is 2. The Labute approximate surface area is 111 Å². The molecule has 0 aliphatic carbocycles. The lowest BCUT2D eigenvalue weighted by molar-refractivity contribution is -0.160. The van der Waals surface area contributed by atoms with Crippen LogP contribution in [0, 0.1) is 0 Å². The molecular formula is C6H14Cl2N2O3S2. The van der Waals surface area contributed by atoms with Gasteiger partial charge in [-0.15, -0.1) is 24.8 Å². The van der Waals surface area contributed by atoms with Gasteiger partial charge in [-0.1, -0.05) is 0 Å². The van der Waals surface area contributed by atoms with Crippen molar-refractivity contribution in [1.29, 1.82) is 0 Å². The van der Waals surface area contributed by atoms with E-state index in [2.05, 4.69) is 30.0 Å². The lowest BCUT2D eigenvalue weighted by atomic mass is 10.3. The molecule has 0 rings (SSSR count). The van der Waals surface area contributed by atoms with E-state index in [9.17, 15) is 9.59 Å². The third-order valence-electron chi connectivity index (χ3n) is 1.20. The van der Waals surface area contributed by atoms with Crippen molar-refractivity contribution in [2.24, 2.45) is 11.5 Å². The summed E-state index contributed by atoms with van der Waals surface area (Å²) in [6, 6.07) is -1.81. The first-order valence-corrected chi connectivity index (χ1v) is 4.77. The zero-order valence-electron chi connectivity index (χ0n) is 7.66. The van der Waals surface area contributed by atoms with E-state index in [4.69, 9.17) is 11.5 Å². The Morgan fingerprint density at radius 3 is 1.47 bits per heavy atom. The highest BCUT2D eigenvalue weighted by Gasteiger charge is 2.21. The van der Waals surface area contributed by atoms with Gasteiger partial charge in [0.25, 0.3) is 0 Å². The molecule has 0 unspecified atom stereocenters. The molecule has 0 aliphatic rings. The molecule has 2 atom stereocenters. The fraction of sp³-hybridized carbons (Fsp3) is 0.667. The third-order valence-corrected chi connectivity index (χ3v) is 1.99. The van der Waals surface area contributed by atoms with Crippen LogP contribution in [0.5, 0.6) is 0 Å². The first-order valence-electron chi connectivity index (χ1n) is 3.51. The summed E-state index contributed by atoms with van der Waals surface area (Å²) in [5.41, 5.74) is 10.5. The SMILES string of the molecule is Cl.Cl.N[C@@H](CS)C(=O)OC(=O)[C@@H](N)CS. The number of esters is 2. The van der Waals surface area contributed by atoms with E-state index in [1.807, 2.05) is 0 Å². The second-order valence-electron chi connectivity index (χ2n) is 2.32. The number of hydrogen-bond acceptors (Lipinski definition) is 7. The molecule has 0 saturated carbocycles. The Bertz CT molecular complexity index is 189. The van der Waals surface area contributed by atoms with Crippen molar-refractivity contribution in [3.05, 3.63) is 0 Å². The van der Waals surface area contributed by atoms with Gasteiger partial charge in [0.15, 0.2) is 0 Å². The molecule has 0 aromatic rings. The number of hydrogen-bond donors (Lipinski definition) is 4. The Hall–Kier alpha value is 0.340. The number of carbonyl (C=O) groups excluding carboxylic acids is 2. The average Bonchev–Trinajstić information content (AvgIpc) is 2.14. The van der Waals surface area contributed by atoms with Gasteiger partial charge in [-0.25, -0.2) is 9.59 Å². The minimum Gasteiger partial charge on any atom is -0.391 e. The van der Waals surface area contributed by atoms with Gasteiger partial charge in [0.05, 0.1) is 0 Å². The van der Waals surface area contributed by atoms with Crippen LogP contribution < -0.4 is 11.5 Å². The smallest absolute Gasteiger partial charge is 0.331 e. The van der Waals surface area contributed by atoms with Crippen LogP contribution >= 0.6 is 50.1 Å². The van der Waals surface area contributed by atoms with Crippen molar-refractivity contribution in [3.63, 3.8) is 0 Å². The summed E-state index contributed by atoms with van der Waals surface area (Å²) >= 11 is 7.54. The molecule has 92 valence electrons. The van der Waals surface area contributed by atoms with Gasteiger partial charge in [0.2, 0.25) is 0 Å². The van der Waals surface area contributed by atoms with Gasteiger partial charge in [-0.05, 0) is 0 Å². The molecule has 0 heterocycles. The third kappa shape index (κ3) is 8.18. The zero-order valence-corrected chi connectivity index (χ0v) is 11.1. The van der Waals surface area contributed by atoms with Gasteiger partial charge in [0.1, 0.15) is 12.1 Å². The van der Waals surface area contributed by atoms with E-state index in [0.717, 1.165) is 0 Å². The number of rotatable bonds is 4. The normalized spacial score (nSPS) is 12.8. The van der Waals surface area contributed by atoms with E-state index >= 15 is 0 Å². The van der Waals surface area contributed by atoms with Gasteiger partial charge >= 0.3 is 11.9 Å². The van der Waals surface area contributed by atoms with Gasteiger partial charge in [-0.2, -0.15) is 25.3 Å². The van der Waals surface area contributed by atoms with E-state index in [0.29, 0.717) is 0 Å². The summed E-state index contributed by atoms with van der Waals surface area (Å²) in [6.07, 6.45) is 0. The largest absolute Gasteiger partial charge is 0.391 e. The summed E-state index contributed by atoms with van der Waals surface area (Å²) in [6.45, 7) is 0. The number of nitrogens with two attached hydrogens (primary N) is 2. The standard InChI is InChI=1S/C6H12N2O3S2.2ClH/c7-3(1-12)5(9)11-6(10)4(8)2-13;;/h3-4,12-13H,1-2,7-8H2;2*1H/t3-,4-;;/m0../s1. The van der Waals surface area contributed by atoms with Crippen molar-refractivity contribution in [2.75, 3.05) is 11.5 Å². The molecule has 0 spiro atoms. The minimum absolute atomic E-state index is 0. The Kier molecular flexibility index (Phi) is 15.0. The molecule has 0 aliphatic heterocycles. The summed E-state index contributed by atoms with van der Waals surface area (Å²) < 4.78 is 4.33. The van der Waals surface area contributed by atoms with E-state index < -0.39 is 24.0 Å². The minimum atomic E-state index is -0.903. The highest BCUT2D eigenvalue weighted by atomic mass is 35.5. The number of thiol groups is 2. The number of ether oxygens (including phenoxy) is 1. The quantitative estimate of drug-likeness (QED) is 0.316. The molecule has 5 nitrogen and oxygen atoms in total. The molecular weight excluding hydrogens is 283 g/mol. The maximum Gasteiger partial charge on any atom is 0.331 e. The van der Waals surface area contributed by atoms with Crippen molar-refractivity contribution < 1.29 is 14.3 Å². The first-order chi connectivity index (χ1) is 6.02. The fourth-order valence-corrected chi connectivity index (χ4v) is 0.698. The van der Waals surface area contributed by atoms with Crippen molar-refractivity contribution in [1.82, 2.24) is 0 Å². The molecule has 4 N–H and O–H groups in total. The predicted molar refractivity (Wildman–Crippen MR) is 69.3 cm³/mol. The highest BCUT2D eigenvalue weighted by Crippen LogP contribution is 1.93.